The van der Waals surface area contributed by atoms with Crippen LogP contribution in [0, 0.1) is 11.8 Å². The van der Waals surface area contributed by atoms with E-state index in [0.717, 1.165) is 12.6 Å². The monoisotopic (exact) mass is 469 g/mol. The molecule has 0 nitrogen and oxygen atoms in total. The van der Waals surface area contributed by atoms with Crippen molar-refractivity contribution in [3.8, 4) is 11.8 Å². The Balaban J connectivity index is 1.62. The number of benzene rings is 3. The second-order valence-electron chi connectivity index (χ2n) is 9.26. The lowest BCUT2D eigenvalue weighted by molar-refractivity contribution is 0.558. The van der Waals surface area contributed by atoms with Crippen molar-refractivity contribution in [3.63, 3.8) is 0 Å². The molecule has 0 saturated carbocycles. The van der Waals surface area contributed by atoms with Gasteiger partial charge in [0.15, 0.2) is 0 Å². The van der Waals surface area contributed by atoms with Crippen molar-refractivity contribution >= 4 is 23.2 Å². The van der Waals surface area contributed by atoms with Crippen LogP contribution in [0.2, 0.25) is 0 Å². The van der Waals surface area contributed by atoms with E-state index < -0.39 is 7.26 Å². The van der Waals surface area contributed by atoms with Crippen LogP contribution in [-0.4, -0.2) is 6.16 Å². The summed E-state index contributed by atoms with van der Waals surface area (Å²) in [6.45, 7) is 2.29. The van der Waals surface area contributed by atoms with Gasteiger partial charge in [-0.25, -0.2) is 0 Å². The summed E-state index contributed by atoms with van der Waals surface area (Å²) in [5.41, 5.74) is 0. The number of rotatable bonds is 14. The summed E-state index contributed by atoms with van der Waals surface area (Å²) in [4.78, 5) is 0. The molecule has 0 unspecified atom stereocenters. The zero-order valence-corrected chi connectivity index (χ0v) is 22.0. The minimum Gasteiger partial charge on any atom is -0.0995 e. The summed E-state index contributed by atoms with van der Waals surface area (Å²) in [6.07, 6.45) is 15.7. The molecule has 0 aliphatic carbocycles. The molecule has 0 radical (unpaired) electrons. The van der Waals surface area contributed by atoms with Gasteiger partial charge in [0.2, 0.25) is 0 Å². The molecule has 0 heterocycles. The quantitative estimate of drug-likeness (QED) is 0.127. The van der Waals surface area contributed by atoms with Gasteiger partial charge in [0.05, 0.1) is 0 Å². The van der Waals surface area contributed by atoms with Crippen molar-refractivity contribution in [2.75, 3.05) is 6.16 Å². The summed E-state index contributed by atoms with van der Waals surface area (Å²) in [7, 11) is -1.81. The third-order valence-electron chi connectivity index (χ3n) is 6.69. The third kappa shape index (κ3) is 7.86. The Labute approximate surface area is 209 Å². The standard InChI is InChI=1S/C33H42P/c1-2-3-4-5-6-7-8-9-10-11-12-13-23-30-34(31-24-17-14-18-25-31,32-26-19-15-20-27-32)33-28-21-16-22-29-33/h14-22,24-29H,2-12,30H2,1H3/q+1. The van der Waals surface area contributed by atoms with Gasteiger partial charge in [0.1, 0.15) is 29.3 Å². The number of hydrogen-bond acceptors (Lipinski definition) is 0. The second kappa shape index (κ2) is 15.5. The van der Waals surface area contributed by atoms with Crippen LogP contribution in [-0.2, 0) is 0 Å². The molecule has 178 valence electrons. The highest BCUT2D eigenvalue weighted by Gasteiger charge is 2.44. The lowest BCUT2D eigenvalue weighted by Gasteiger charge is -2.25. The molecule has 0 N–H and O–H groups in total. The van der Waals surface area contributed by atoms with E-state index in [2.05, 4.69) is 110 Å². The lowest BCUT2D eigenvalue weighted by atomic mass is 10.1. The summed E-state index contributed by atoms with van der Waals surface area (Å²) < 4.78 is 0. The minimum atomic E-state index is -1.81. The Morgan fingerprint density at radius 3 is 1.26 bits per heavy atom. The van der Waals surface area contributed by atoms with Gasteiger partial charge in [-0.3, -0.25) is 0 Å². The van der Waals surface area contributed by atoms with Crippen LogP contribution in [0.1, 0.15) is 77.6 Å². The maximum absolute atomic E-state index is 3.65. The van der Waals surface area contributed by atoms with Crippen LogP contribution in [0.25, 0.3) is 0 Å². The van der Waals surface area contributed by atoms with E-state index in [1.165, 1.54) is 80.1 Å². The molecule has 3 aromatic carbocycles. The number of hydrogen-bond donors (Lipinski definition) is 0. The molecular weight excluding hydrogens is 427 g/mol. The Morgan fingerprint density at radius 1 is 0.471 bits per heavy atom. The maximum Gasteiger partial charge on any atom is 0.133 e. The van der Waals surface area contributed by atoms with E-state index >= 15 is 0 Å². The first-order chi connectivity index (χ1) is 16.9. The molecule has 0 spiro atoms. The number of unbranched alkanes of at least 4 members (excludes halogenated alkanes) is 10. The van der Waals surface area contributed by atoms with E-state index in [4.69, 9.17) is 0 Å². The molecule has 0 amide bonds. The first-order valence-corrected chi connectivity index (χ1v) is 15.4. The van der Waals surface area contributed by atoms with Crippen molar-refractivity contribution in [2.24, 2.45) is 0 Å². The zero-order chi connectivity index (χ0) is 23.7. The smallest absolute Gasteiger partial charge is 0.0995 e. The van der Waals surface area contributed by atoms with E-state index in [1.54, 1.807) is 0 Å². The largest absolute Gasteiger partial charge is 0.133 e. The molecule has 0 fully saturated rings. The fourth-order valence-corrected chi connectivity index (χ4v) is 8.57. The van der Waals surface area contributed by atoms with Crippen LogP contribution in [0.3, 0.4) is 0 Å². The van der Waals surface area contributed by atoms with Crippen molar-refractivity contribution in [3.05, 3.63) is 91.0 Å². The highest BCUT2D eigenvalue weighted by molar-refractivity contribution is 7.95. The highest BCUT2D eigenvalue weighted by atomic mass is 31.2. The summed E-state index contributed by atoms with van der Waals surface area (Å²) >= 11 is 0. The topological polar surface area (TPSA) is 0 Å². The van der Waals surface area contributed by atoms with Gasteiger partial charge < -0.3 is 0 Å². The van der Waals surface area contributed by atoms with E-state index in [-0.39, 0.29) is 0 Å². The van der Waals surface area contributed by atoms with Crippen LogP contribution >= 0.6 is 7.26 Å². The highest BCUT2D eigenvalue weighted by Crippen LogP contribution is 2.54. The molecule has 0 bridgehead atoms. The molecule has 0 aliphatic rings. The first-order valence-electron chi connectivity index (χ1n) is 13.4. The maximum atomic E-state index is 3.65. The molecule has 3 aromatic rings. The third-order valence-corrected chi connectivity index (χ3v) is 10.9. The van der Waals surface area contributed by atoms with E-state index in [0.29, 0.717) is 0 Å². The normalized spacial score (nSPS) is 11.1. The van der Waals surface area contributed by atoms with Crippen LogP contribution < -0.4 is 15.9 Å². The van der Waals surface area contributed by atoms with Crippen molar-refractivity contribution in [1.29, 1.82) is 0 Å². The SMILES string of the molecule is CCCCCCCCCCCCC#CC[P+](c1ccccc1)(c1ccccc1)c1ccccc1. The van der Waals surface area contributed by atoms with Gasteiger partial charge in [-0.15, -0.1) is 0 Å². The molecule has 0 aromatic heterocycles. The molecule has 1 heteroatoms. The van der Waals surface area contributed by atoms with Gasteiger partial charge >= 0.3 is 0 Å². The minimum absolute atomic E-state index is 0.906. The lowest BCUT2D eigenvalue weighted by Crippen LogP contribution is -2.33. The van der Waals surface area contributed by atoms with Crippen LogP contribution in [0.4, 0.5) is 0 Å². The summed E-state index contributed by atoms with van der Waals surface area (Å²) in [6, 6.07) is 33.2. The van der Waals surface area contributed by atoms with Gasteiger partial charge in [-0.2, -0.15) is 0 Å². The Bertz CT molecular complexity index is 870. The second-order valence-corrected chi connectivity index (χ2v) is 12.7. The Hall–Kier alpha value is -2.35. The van der Waals surface area contributed by atoms with Gasteiger partial charge in [-0.1, -0.05) is 131 Å². The van der Waals surface area contributed by atoms with Crippen molar-refractivity contribution < 1.29 is 0 Å². The molecule has 0 aliphatic heterocycles. The molecule has 0 saturated heterocycles. The Morgan fingerprint density at radius 2 is 0.853 bits per heavy atom. The van der Waals surface area contributed by atoms with Gasteiger partial charge in [-0.05, 0) is 42.8 Å². The van der Waals surface area contributed by atoms with E-state index in [1.807, 2.05) is 0 Å². The predicted molar refractivity (Wildman–Crippen MR) is 154 cm³/mol. The fraction of sp³-hybridized carbons (Fsp3) is 0.394. The fourth-order valence-electron chi connectivity index (χ4n) is 4.73. The van der Waals surface area contributed by atoms with Gasteiger partial charge in [0, 0.05) is 6.42 Å². The Kier molecular flexibility index (Phi) is 12.0. The first kappa shape index (κ1) is 26.3. The average Bonchev–Trinajstić information content (AvgIpc) is 2.91. The molecular formula is C33H42P+. The van der Waals surface area contributed by atoms with Gasteiger partial charge in [0.25, 0.3) is 0 Å². The summed E-state index contributed by atoms with van der Waals surface area (Å²) in [5, 5.41) is 4.25. The van der Waals surface area contributed by atoms with Crippen molar-refractivity contribution in [2.45, 2.75) is 77.6 Å². The molecule has 3 rings (SSSR count). The molecule has 0 atom stereocenters. The summed E-state index contributed by atoms with van der Waals surface area (Å²) in [5.74, 6) is 7.20. The average molecular weight is 470 g/mol. The van der Waals surface area contributed by atoms with Crippen LogP contribution in [0.15, 0.2) is 91.0 Å². The predicted octanol–water partition coefficient (Wildman–Crippen LogP) is 8.29. The van der Waals surface area contributed by atoms with E-state index in [9.17, 15) is 0 Å². The molecule has 34 heavy (non-hydrogen) atoms. The zero-order valence-electron chi connectivity index (χ0n) is 21.1. The van der Waals surface area contributed by atoms with Crippen molar-refractivity contribution in [1.82, 2.24) is 0 Å². The van der Waals surface area contributed by atoms with Crippen LogP contribution in [0.5, 0.6) is 0 Å².